The van der Waals surface area contributed by atoms with Gasteiger partial charge in [-0.15, -0.1) is 0 Å². The van der Waals surface area contributed by atoms with Gasteiger partial charge in [0.05, 0.1) is 12.9 Å². The molecule has 0 aliphatic carbocycles. The van der Waals surface area contributed by atoms with E-state index in [-0.39, 0.29) is 6.42 Å². The van der Waals surface area contributed by atoms with E-state index in [1.807, 2.05) is 0 Å². The van der Waals surface area contributed by atoms with Crippen molar-refractivity contribution in [3.05, 3.63) is 18.2 Å². The summed E-state index contributed by atoms with van der Waals surface area (Å²) in [5.41, 5.74) is 0.518. The lowest BCUT2D eigenvalue weighted by atomic mass is 10.1. The summed E-state index contributed by atoms with van der Waals surface area (Å²) in [6, 6.07) is -2.08. The number of amides is 2. The molecule has 0 aliphatic rings. The number of nitrogens with one attached hydrogen (secondary N) is 2. The highest BCUT2D eigenvalue weighted by Crippen LogP contribution is 2.01. The molecule has 2 amide bonds. The second-order valence-corrected chi connectivity index (χ2v) is 3.89. The Balaban J connectivity index is 2.58. The number of alkyl halides is 2. The second kappa shape index (κ2) is 6.66. The monoisotopic (exact) mass is 276 g/mol. The molecule has 0 unspecified atom stereocenters. The number of urea groups is 1. The van der Waals surface area contributed by atoms with E-state index in [2.05, 4.69) is 15.3 Å². The third-order valence-corrected chi connectivity index (χ3v) is 2.33. The van der Waals surface area contributed by atoms with Gasteiger partial charge >= 0.3 is 12.0 Å². The van der Waals surface area contributed by atoms with Crippen LogP contribution in [-0.2, 0) is 11.2 Å². The Labute approximate surface area is 107 Å². The van der Waals surface area contributed by atoms with Crippen LogP contribution in [0.15, 0.2) is 12.5 Å². The van der Waals surface area contributed by atoms with Gasteiger partial charge in [0.25, 0.3) is 6.43 Å². The number of carbonyl (C=O) groups excluding carboxylic acids is 1. The first-order valence-corrected chi connectivity index (χ1v) is 5.40. The van der Waals surface area contributed by atoms with E-state index in [9.17, 15) is 18.4 Å². The highest BCUT2D eigenvalue weighted by Gasteiger charge is 2.23. The molecule has 0 radical (unpaired) electrons. The second-order valence-electron chi connectivity index (χ2n) is 3.89. The number of aromatic amines is 1. The summed E-state index contributed by atoms with van der Waals surface area (Å²) in [4.78, 5) is 29.6. The minimum Gasteiger partial charge on any atom is -0.480 e. The number of rotatable bonds is 6. The topological polar surface area (TPSA) is 98.3 Å². The van der Waals surface area contributed by atoms with Crippen LogP contribution in [0.2, 0.25) is 0 Å². The van der Waals surface area contributed by atoms with Crippen molar-refractivity contribution in [2.75, 3.05) is 13.6 Å². The average molecular weight is 276 g/mol. The molecule has 19 heavy (non-hydrogen) atoms. The number of nitrogens with zero attached hydrogens (tertiary/aromatic N) is 2. The fraction of sp³-hybridized carbons (Fsp3) is 0.500. The molecule has 0 fully saturated rings. The van der Waals surface area contributed by atoms with Gasteiger partial charge in [-0.3, -0.25) is 0 Å². The maximum Gasteiger partial charge on any atom is 0.326 e. The maximum absolute atomic E-state index is 12.1. The number of carboxylic acid groups (broad SMARTS) is 1. The third-order valence-electron chi connectivity index (χ3n) is 2.33. The van der Waals surface area contributed by atoms with Crippen molar-refractivity contribution in [1.29, 1.82) is 0 Å². The van der Waals surface area contributed by atoms with Gasteiger partial charge < -0.3 is 20.3 Å². The number of hydrogen-bond donors (Lipinski definition) is 3. The highest BCUT2D eigenvalue weighted by atomic mass is 19.3. The van der Waals surface area contributed by atoms with Gasteiger partial charge in [-0.1, -0.05) is 0 Å². The smallest absolute Gasteiger partial charge is 0.326 e. The number of hydrogen-bond acceptors (Lipinski definition) is 3. The van der Waals surface area contributed by atoms with Crippen molar-refractivity contribution in [2.24, 2.45) is 0 Å². The zero-order valence-electron chi connectivity index (χ0n) is 10.1. The lowest BCUT2D eigenvalue weighted by Gasteiger charge is -2.20. The first-order chi connectivity index (χ1) is 8.90. The Morgan fingerprint density at radius 3 is 2.74 bits per heavy atom. The van der Waals surface area contributed by atoms with Crippen LogP contribution in [0.5, 0.6) is 0 Å². The van der Waals surface area contributed by atoms with E-state index >= 15 is 0 Å². The Bertz CT molecular complexity index is 424. The molecule has 0 saturated heterocycles. The van der Waals surface area contributed by atoms with E-state index in [1.165, 1.54) is 12.5 Å². The summed E-state index contributed by atoms with van der Waals surface area (Å²) in [5.74, 6) is -1.26. The van der Waals surface area contributed by atoms with E-state index < -0.39 is 31.0 Å². The molecule has 106 valence electrons. The zero-order valence-corrected chi connectivity index (χ0v) is 10.1. The van der Waals surface area contributed by atoms with Crippen LogP contribution in [0.25, 0.3) is 0 Å². The molecule has 7 nitrogen and oxygen atoms in total. The van der Waals surface area contributed by atoms with Crippen molar-refractivity contribution in [3.8, 4) is 0 Å². The van der Waals surface area contributed by atoms with Crippen molar-refractivity contribution < 1.29 is 23.5 Å². The lowest BCUT2D eigenvalue weighted by molar-refractivity contribution is -0.139. The van der Waals surface area contributed by atoms with Gasteiger partial charge in [-0.2, -0.15) is 0 Å². The van der Waals surface area contributed by atoms with Crippen LogP contribution < -0.4 is 5.32 Å². The summed E-state index contributed by atoms with van der Waals surface area (Å²) in [5, 5.41) is 11.1. The molecule has 0 aliphatic heterocycles. The third kappa shape index (κ3) is 4.90. The minimum atomic E-state index is -2.67. The van der Waals surface area contributed by atoms with Crippen molar-refractivity contribution >= 4 is 12.0 Å². The van der Waals surface area contributed by atoms with Crippen molar-refractivity contribution in [1.82, 2.24) is 20.2 Å². The van der Waals surface area contributed by atoms with Crippen molar-refractivity contribution in [2.45, 2.75) is 18.9 Å². The number of imidazole rings is 1. The summed E-state index contributed by atoms with van der Waals surface area (Å²) >= 11 is 0. The largest absolute Gasteiger partial charge is 0.480 e. The maximum atomic E-state index is 12.1. The van der Waals surface area contributed by atoms with Gasteiger partial charge in [0.1, 0.15) is 6.04 Å². The molecule has 0 aromatic carbocycles. The highest BCUT2D eigenvalue weighted by molar-refractivity contribution is 5.82. The number of carboxylic acids is 1. The molecule has 1 aromatic heterocycles. The zero-order chi connectivity index (χ0) is 14.4. The Hall–Kier alpha value is -2.19. The summed E-state index contributed by atoms with van der Waals surface area (Å²) < 4.78 is 24.2. The van der Waals surface area contributed by atoms with Gasteiger partial charge in [0.2, 0.25) is 0 Å². The molecular weight excluding hydrogens is 262 g/mol. The van der Waals surface area contributed by atoms with Crippen LogP contribution in [0.1, 0.15) is 5.69 Å². The predicted molar refractivity (Wildman–Crippen MR) is 60.9 cm³/mol. The van der Waals surface area contributed by atoms with Gasteiger partial charge in [0.15, 0.2) is 0 Å². The number of H-pyrrole nitrogens is 1. The van der Waals surface area contributed by atoms with Gasteiger partial charge in [-0.25, -0.2) is 23.4 Å². The van der Waals surface area contributed by atoms with E-state index in [0.717, 1.165) is 11.9 Å². The Kier molecular flexibility index (Phi) is 5.22. The van der Waals surface area contributed by atoms with Crippen LogP contribution >= 0.6 is 0 Å². The SMILES string of the molecule is CN(CC(F)F)C(=O)N[C@H](Cc1cnc[nH]1)C(=O)O. The fourth-order valence-electron chi connectivity index (χ4n) is 1.37. The first-order valence-electron chi connectivity index (χ1n) is 5.40. The molecule has 9 heteroatoms. The lowest BCUT2D eigenvalue weighted by Crippen LogP contribution is -2.48. The number of halogens is 2. The summed E-state index contributed by atoms with van der Waals surface area (Å²) in [6.45, 7) is -0.762. The minimum absolute atomic E-state index is 0.0103. The number of carbonyl (C=O) groups is 2. The predicted octanol–water partition coefficient (Wildman–Crippen LogP) is 0.312. The molecule has 0 spiro atoms. The quantitative estimate of drug-likeness (QED) is 0.696. The molecule has 1 rings (SSSR count). The van der Waals surface area contributed by atoms with E-state index in [4.69, 9.17) is 5.11 Å². The molecule has 1 heterocycles. The van der Waals surface area contributed by atoms with Crippen LogP contribution in [0.4, 0.5) is 13.6 Å². The first kappa shape index (κ1) is 14.9. The van der Waals surface area contributed by atoms with E-state index in [1.54, 1.807) is 0 Å². The summed E-state index contributed by atoms with van der Waals surface area (Å²) in [6.07, 6.45) is 0.111. The van der Waals surface area contributed by atoms with Crippen molar-refractivity contribution in [3.63, 3.8) is 0 Å². The Morgan fingerprint density at radius 2 is 2.26 bits per heavy atom. The van der Waals surface area contributed by atoms with Crippen LogP contribution in [0, 0.1) is 0 Å². The molecular formula is C10H14F2N4O3. The van der Waals surface area contributed by atoms with Crippen LogP contribution in [-0.4, -0.2) is 58.0 Å². The van der Waals surface area contributed by atoms with Crippen LogP contribution in [0.3, 0.4) is 0 Å². The molecule has 0 saturated carbocycles. The standard InChI is InChI=1S/C10H14F2N4O3/c1-16(4-8(11)12)10(19)15-7(9(17)18)2-6-3-13-5-14-6/h3,5,7-8H,2,4H2,1H3,(H,13,14)(H,15,19)(H,17,18)/t7-/m1/s1. The average Bonchev–Trinajstić information content (AvgIpc) is 2.79. The normalized spacial score (nSPS) is 12.2. The Morgan fingerprint density at radius 1 is 1.58 bits per heavy atom. The molecule has 3 N–H and O–H groups in total. The van der Waals surface area contributed by atoms with E-state index in [0.29, 0.717) is 5.69 Å². The molecule has 1 atom stereocenters. The fourth-order valence-corrected chi connectivity index (χ4v) is 1.37. The number of aromatic nitrogens is 2. The molecule has 1 aromatic rings. The van der Waals surface area contributed by atoms with Gasteiger partial charge in [-0.05, 0) is 0 Å². The number of aliphatic carboxylic acids is 1. The molecule has 0 bridgehead atoms. The summed E-state index contributed by atoms with van der Waals surface area (Å²) in [7, 11) is 1.16. The van der Waals surface area contributed by atoms with Gasteiger partial charge in [0, 0.05) is 25.4 Å².